The molecule has 1 saturated heterocycles. The number of nitrogens with two attached hydrogens (primary N) is 1. The molecule has 24 nitrogen and oxygen atoms in total. The van der Waals surface area contributed by atoms with Crippen molar-refractivity contribution < 1.29 is 68.1 Å². The van der Waals surface area contributed by atoms with Gasteiger partial charge in [-0.05, 0) is 55.1 Å². The van der Waals surface area contributed by atoms with Crippen molar-refractivity contribution in [3.05, 3.63) is 36.0 Å². The van der Waals surface area contributed by atoms with E-state index in [1.165, 1.54) is 4.90 Å². The van der Waals surface area contributed by atoms with Crippen molar-refractivity contribution in [1.29, 1.82) is 0 Å². The molecular weight excluding hydrogens is 917 g/mol. The summed E-state index contributed by atoms with van der Waals surface area (Å²) in [5.74, 6) is -11.7. The molecule has 0 aliphatic carbocycles. The van der Waals surface area contributed by atoms with Crippen LogP contribution in [0.3, 0.4) is 0 Å². The average molecular weight is 985 g/mol. The van der Waals surface area contributed by atoms with Gasteiger partial charge in [0.2, 0.25) is 47.3 Å². The Hall–Kier alpha value is -7.11. The molecule has 386 valence electrons. The summed E-state index contributed by atoms with van der Waals surface area (Å²) in [6.07, 6.45) is 0.986. The second kappa shape index (κ2) is 27.2. The number of hydrogen-bond acceptors (Lipinski definition) is 12. The molecule has 1 aromatic heterocycles. The van der Waals surface area contributed by atoms with Crippen LogP contribution in [0.1, 0.15) is 92.1 Å². The number of hydrogen-bond donors (Lipinski definition) is 12. The lowest BCUT2D eigenvalue weighted by Crippen LogP contribution is -2.60. The predicted molar refractivity (Wildman–Crippen MR) is 251 cm³/mol. The second-order valence-electron chi connectivity index (χ2n) is 18.2. The number of carbonyl (C=O) groups excluding carboxylic acids is 8. The van der Waals surface area contributed by atoms with Crippen molar-refractivity contribution in [2.24, 2.45) is 23.5 Å². The lowest BCUT2D eigenvalue weighted by Gasteiger charge is -2.31. The second-order valence-corrected chi connectivity index (χ2v) is 18.2. The van der Waals surface area contributed by atoms with Gasteiger partial charge in [-0.25, -0.2) is 0 Å². The van der Waals surface area contributed by atoms with Gasteiger partial charge in [-0.2, -0.15) is 0 Å². The number of fused-ring (bicyclic) bond motifs is 1. The molecule has 24 heteroatoms. The highest BCUT2D eigenvalue weighted by atomic mass is 16.4. The summed E-state index contributed by atoms with van der Waals surface area (Å²) >= 11 is 0. The molecule has 0 radical (unpaired) electrons. The molecule has 13 N–H and O–H groups in total. The number of aliphatic carboxylic acids is 3. The molecule has 1 fully saturated rings. The zero-order valence-corrected chi connectivity index (χ0v) is 40.3. The summed E-state index contributed by atoms with van der Waals surface area (Å²) in [6.45, 7) is 9.17. The van der Waals surface area contributed by atoms with E-state index in [1.54, 1.807) is 72.0 Å². The minimum atomic E-state index is -1.80. The van der Waals surface area contributed by atoms with E-state index in [2.05, 4.69) is 42.2 Å². The number of carbonyl (C=O) groups is 11. The summed E-state index contributed by atoms with van der Waals surface area (Å²) < 4.78 is 0. The zero-order valence-electron chi connectivity index (χ0n) is 40.3. The number of benzene rings is 1. The summed E-state index contributed by atoms with van der Waals surface area (Å²) in [5.41, 5.74) is 7.20. The first-order chi connectivity index (χ1) is 32.9. The molecule has 8 atom stereocenters. The largest absolute Gasteiger partial charge is 0.481 e. The first-order valence-electron chi connectivity index (χ1n) is 23.3. The third-order valence-electron chi connectivity index (χ3n) is 11.8. The van der Waals surface area contributed by atoms with Gasteiger partial charge in [-0.1, -0.05) is 66.2 Å². The minimum Gasteiger partial charge on any atom is -0.481 e. The minimum absolute atomic E-state index is 0.0161. The van der Waals surface area contributed by atoms with Crippen LogP contribution in [0.5, 0.6) is 0 Å². The number of amides is 8. The topological polar surface area (TPSA) is 378 Å². The molecule has 1 aromatic carbocycles. The van der Waals surface area contributed by atoms with E-state index in [4.69, 9.17) is 15.9 Å². The third kappa shape index (κ3) is 17.4. The highest BCUT2D eigenvalue weighted by Gasteiger charge is 2.40. The fourth-order valence-electron chi connectivity index (χ4n) is 7.79. The smallest absolute Gasteiger partial charge is 0.322 e. The molecule has 0 bridgehead atoms. The normalized spacial score (nSPS) is 16.4. The van der Waals surface area contributed by atoms with E-state index >= 15 is 0 Å². The number of H-pyrrole nitrogens is 1. The SMILES string of the molecule is CC[C@H](C)[C@H](NC(=O)CNC(=O)[C@@H](NC(=O)[C@H](CC(C)C)NC(=O)[C@H](CC(=O)O)NC(=O)[C@H](Cc1c[nH]c2ccccc12)NC(=O)[C@@H](N)CCC(=O)O)C(C)C)C(=O)N1CCC[C@H]1C(=O)NCC(=O)O. The fourth-order valence-corrected chi connectivity index (χ4v) is 7.79. The molecule has 0 unspecified atom stereocenters. The number of nitrogens with one attached hydrogen (secondary N) is 8. The Morgan fingerprint density at radius 2 is 1.36 bits per heavy atom. The number of para-hydroxylation sites is 1. The maximum atomic E-state index is 14.0. The molecule has 2 heterocycles. The Balaban J connectivity index is 1.76. The van der Waals surface area contributed by atoms with E-state index in [0.717, 1.165) is 0 Å². The monoisotopic (exact) mass is 984 g/mol. The Kier molecular flexibility index (Phi) is 22.2. The van der Waals surface area contributed by atoms with Crippen molar-refractivity contribution in [2.45, 2.75) is 135 Å². The van der Waals surface area contributed by atoms with Crippen LogP contribution in [0.15, 0.2) is 30.5 Å². The van der Waals surface area contributed by atoms with Gasteiger partial charge in [-0.3, -0.25) is 52.7 Å². The Morgan fingerprint density at radius 1 is 0.729 bits per heavy atom. The van der Waals surface area contributed by atoms with E-state index < -0.39 is 145 Å². The number of carboxylic acids is 3. The molecular formula is C46H68N10O14. The molecule has 3 rings (SSSR count). The summed E-state index contributed by atoms with van der Waals surface area (Å²) in [4.78, 5) is 147. The van der Waals surface area contributed by atoms with E-state index in [9.17, 15) is 57.8 Å². The van der Waals surface area contributed by atoms with Gasteiger partial charge in [0.1, 0.15) is 42.8 Å². The molecule has 0 spiro atoms. The van der Waals surface area contributed by atoms with E-state index in [-0.39, 0.29) is 31.7 Å². The maximum Gasteiger partial charge on any atom is 0.322 e. The van der Waals surface area contributed by atoms with E-state index in [1.807, 2.05) is 0 Å². The van der Waals surface area contributed by atoms with Crippen LogP contribution in [0.2, 0.25) is 0 Å². The van der Waals surface area contributed by atoms with Crippen LogP contribution < -0.4 is 43.0 Å². The first-order valence-corrected chi connectivity index (χ1v) is 23.3. The van der Waals surface area contributed by atoms with Gasteiger partial charge >= 0.3 is 17.9 Å². The Bertz CT molecular complexity index is 2230. The van der Waals surface area contributed by atoms with Crippen molar-refractivity contribution in [1.82, 2.24) is 47.1 Å². The van der Waals surface area contributed by atoms with Crippen molar-refractivity contribution in [3.63, 3.8) is 0 Å². The van der Waals surface area contributed by atoms with Crippen LogP contribution >= 0.6 is 0 Å². The number of rotatable bonds is 28. The van der Waals surface area contributed by atoms with Gasteiger partial charge in [-0.15, -0.1) is 0 Å². The van der Waals surface area contributed by atoms with Crippen LogP contribution in [-0.4, -0.2) is 152 Å². The van der Waals surface area contributed by atoms with E-state index in [0.29, 0.717) is 35.7 Å². The lowest BCUT2D eigenvalue weighted by molar-refractivity contribution is -0.143. The van der Waals surface area contributed by atoms with Crippen LogP contribution in [0.4, 0.5) is 0 Å². The van der Waals surface area contributed by atoms with Gasteiger partial charge in [0.15, 0.2) is 0 Å². The molecule has 0 saturated carbocycles. The number of likely N-dealkylation sites (tertiary alicyclic amines) is 1. The maximum absolute atomic E-state index is 14.0. The Labute approximate surface area is 404 Å². The number of nitrogens with zero attached hydrogens (tertiary/aromatic N) is 1. The van der Waals surface area contributed by atoms with Gasteiger partial charge < -0.3 is 68.2 Å². The van der Waals surface area contributed by atoms with Crippen molar-refractivity contribution in [3.8, 4) is 0 Å². The van der Waals surface area contributed by atoms with Gasteiger partial charge in [0.05, 0.1) is 19.0 Å². The predicted octanol–water partition coefficient (Wildman–Crippen LogP) is -1.14. The fraction of sp³-hybridized carbons (Fsp3) is 0.587. The van der Waals surface area contributed by atoms with Crippen LogP contribution in [0, 0.1) is 17.8 Å². The number of aromatic nitrogens is 1. The molecule has 8 amide bonds. The van der Waals surface area contributed by atoms with Gasteiger partial charge in [0.25, 0.3) is 0 Å². The van der Waals surface area contributed by atoms with Crippen LogP contribution in [0.25, 0.3) is 10.9 Å². The standard InChI is InChI=1S/C46H68N10O14/c1-7-25(6)39(46(70)56-16-10-13-33(56)44(68)50-22-37(62)63)54-34(57)21-49-45(69)38(24(4)5)55-43(67)30(17-23(2)3)52-42(66)32(19-36(60)61)53-41(65)31(51-40(64)28(47)14-15-35(58)59)18-26-20-48-29-12-9-8-11-27(26)29/h8-9,11-12,20,23-25,28,30-33,38-39,48H,7,10,13-19,21-22,47H2,1-6H3,(H,49,69)(H,50,68)(H,51,64)(H,52,66)(H,53,65)(H,54,57)(H,55,67)(H,58,59)(H,60,61)(H,62,63)/t25-,28-,30-,31-,32-,33-,38-,39-/m0/s1. The molecule has 2 aromatic rings. The van der Waals surface area contributed by atoms with Crippen molar-refractivity contribution >= 4 is 76.1 Å². The molecule has 70 heavy (non-hydrogen) atoms. The zero-order chi connectivity index (χ0) is 52.4. The molecule has 1 aliphatic heterocycles. The third-order valence-corrected chi connectivity index (χ3v) is 11.8. The highest BCUT2D eigenvalue weighted by molar-refractivity contribution is 5.99. The number of carboxylic acid groups (broad SMARTS) is 3. The number of aromatic amines is 1. The quantitative estimate of drug-likeness (QED) is 0.0479. The summed E-state index contributed by atoms with van der Waals surface area (Å²) in [7, 11) is 0. The molecule has 1 aliphatic rings. The van der Waals surface area contributed by atoms with Gasteiger partial charge in [0, 0.05) is 36.5 Å². The summed E-state index contributed by atoms with van der Waals surface area (Å²) in [5, 5.41) is 45.9. The highest BCUT2D eigenvalue weighted by Crippen LogP contribution is 2.22. The van der Waals surface area contributed by atoms with Crippen molar-refractivity contribution in [2.75, 3.05) is 19.6 Å². The first kappa shape index (κ1) is 57.2. The lowest BCUT2D eigenvalue weighted by atomic mass is 9.97. The van der Waals surface area contributed by atoms with Crippen LogP contribution in [-0.2, 0) is 59.2 Å². The summed E-state index contributed by atoms with van der Waals surface area (Å²) in [6, 6.07) is -2.20. The average Bonchev–Trinajstić information content (AvgIpc) is 3.96. The Morgan fingerprint density at radius 3 is 1.97 bits per heavy atom.